The topological polar surface area (TPSA) is 81.2 Å². The van der Waals surface area contributed by atoms with E-state index in [0.717, 1.165) is 12.1 Å². The summed E-state index contributed by atoms with van der Waals surface area (Å²) in [7, 11) is 0. The Hall–Kier alpha value is -2.33. The van der Waals surface area contributed by atoms with Crippen LogP contribution in [0.4, 0.5) is 23.2 Å². The van der Waals surface area contributed by atoms with Crippen LogP contribution in [0.25, 0.3) is 0 Å². The molecule has 0 saturated carbocycles. The zero-order chi connectivity index (χ0) is 16.0. The van der Waals surface area contributed by atoms with Crippen molar-refractivity contribution in [3.05, 3.63) is 22.4 Å². The number of halogens is 5. The highest BCUT2D eigenvalue weighted by Crippen LogP contribution is 2.32. The number of alkyl halides is 3. The molecular weight excluding hydrogens is 360 g/mol. The lowest BCUT2D eigenvalue weighted by Crippen LogP contribution is -2.19. The van der Waals surface area contributed by atoms with Gasteiger partial charge in [0.1, 0.15) is 29.4 Å². The van der Waals surface area contributed by atoms with Gasteiger partial charge in [0.2, 0.25) is 5.71 Å². The van der Waals surface area contributed by atoms with Gasteiger partial charge in [-0.1, -0.05) is 0 Å². The Morgan fingerprint density at radius 2 is 1.95 bits per heavy atom. The Bertz CT molecular complexity index is 629. The molecule has 0 heterocycles. The van der Waals surface area contributed by atoms with Gasteiger partial charge in [0, 0.05) is 6.07 Å². The van der Waals surface area contributed by atoms with Crippen molar-refractivity contribution in [3.8, 4) is 17.9 Å². The normalized spacial score (nSPS) is 10.2. The van der Waals surface area contributed by atoms with E-state index in [-0.39, 0.29) is 15.9 Å². The van der Waals surface area contributed by atoms with Crippen molar-refractivity contribution in [2.45, 2.75) is 6.18 Å². The van der Waals surface area contributed by atoms with Gasteiger partial charge in [-0.3, -0.25) is 5.43 Å². The highest BCUT2D eigenvalue weighted by Gasteiger charge is 2.29. The number of ether oxygens (including phenoxy) is 1. The summed E-state index contributed by atoms with van der Waals surface area (Å²) >= 11 is 2.80. The highest BCUT2D eigenvalue weighted by atomic mass is 79.9. The molecule has 0 saturated heterocycles. The summed E-state index contributed by atoms with van der Waals surface area (Å²) in [5, 5.41) is 20.3. The molecule has 1 N–H and O–H groups in total. The molecule has 10 heteroatoms. The second-order valence-electron chi connectivity index (χ2n) is 3.46. The first kappa shape index (κ1) is 16.7. The molecule has 0 aromatic heterocycles. The number of nitrogens with zero attached hydrogens (tertiary/aromatic N) is 3. The summed E-state index contributed by atoms with van der Waals surface area (Å²) in [5.74, 6) is -1.14. The Balaban J connectivity index is 3.07. The van der Waals surface area contributed by atoms with E-state index in [4.69, 9.17) is 10.5 Å². The van der Waals surface area contributed by atoms with Gasteiger partial charge in [-0.2, -0.15) is 28.8 Å². The van der Waals surface area contributed by atoms with Crippen LogP contribution in [0.3, 0.4) is 0 Å². The van der Waals surface area contributed by atoms with E-state index < -0.39 is 24.3 Å². The van der Waals surface area contributed by atoms with Crippen molar-refractivity contribution < 1.29 is 22.3 Å². The quantitative estimate of drug-likeness (QED) is 0.504. The van der Waals surface area contributed by atoms with Crippen LogP contribution in [0.5, 0.6) is 5.75 Å². The number of hydrogen-bond acceptors (Lipinski definition) is 5. The van der Waals surface area contributed by atoms with Gasteiger partial charge in [0.05, 0.1) is 4.47 Å². The third-order valence-electron chi connectivity index (χ3n) is 1.91. The third-order valence-corrected chi connectivity index (χ3v) is 2.52. The van der Waals surface area contributed by atoms with Gasteiger partial charge in [-0.15, -0.1) is 0 Å². The smallest absolute Gasteiger partial charge is 0.422 e. The molecule has 0 bridgehead atoms. The maximum atomic E-state index is 13.4. The summed E-state index contributed by atoms with van der Waals surface area (Å²) < 4.78 is 54.2. The van der Waals surface area contributed by atoms with Crippen LogP contribution in [-0.4, -0.2) is 18.5 Å². The first-order valence-corrected chi connectivity index (χ1v) is 5.88. The van der Waals surface area contributed by atoms with Gasteiger partial charge in [0.25, 0.3) is 0 Å². The van der Waals surface area contributed by atoms with Crippen LogP contribution in [0, 0.1) is 28.5 Å². The minimum absolute atomic E-state index is 0.116. The molecular formula is C11H5BrF4N4O. The number of rotatable bonds is 4. The molecule has 0 unspecified atom stereocenters. The number of hydrogen-bond donors (Lipinski definition) is 1. The molecule has 0 atom stereocenters. The summed E-state index contributed by atoms with van der Waals surface area (Å²) in [6.07, 6.45) is -4.58. The summed E-state index contributed by atoms with van der Waals surface area (Å²) in [6, 6.07) is 4.63. The monoisotopic (exact) mass is 364 g/mol. The summed E-state index contributed by atoms with van der Waals surface area (Å²) in [4.78, 5) is 0. The third kappa shape index (κ3) is 5.28. The van der Waals surface area contributed by atoms with Crippen molar-refractivity contribution >= 4 is 27.3 Å². The minimum atomic E-state index is -4.58. The number of anilines is 1. The Kier molecular flexibility index (Phi) is 5.50. The van der Waals surface area contributed by atoms with Crippen molar-refractivity contribution in [2.24, 2.45) is 5.10 Å². The molecule has 0 amide bonds. The number of hydrazone groups is 1. The van der Waals surface area contributed by atoms with Crippen molar-refractivity contribution in [2.75, 3.05) is 12.0 Å². The largest absolute Gasteiger partial charge is 0.482 e. The maximum absolute atomic E-state index is 13.4. The Labute approximate surface area is 124 Å². The number of benzene rings is 1. The second-order valence-corrected chi connectivity index (χ2v) is 4.32. The molecule has 5 nitrogen and oxygen atoms in total. The van der Waals surface area contributed by atoms with Crippen LogP contribution in [0.15, 0.2) is 21.7 Å². The van der Waals surface area contributed by atoms with Gasteiger partial charge >= 0.3 is 6.18 Å². The van der Waals surface area contributed by atoms with E-state index in [9.17, 15) is 17.6 Å². The highest BCUT2D eigenvalue weighted by molar-refractivity contribution is 9.10. The zero-order valence-electron chi connectivity index (χ0n) is 10.0. The van der Waals surface area contributed by atoms with Crippen LogP contribution in [0.1, 0.15) is 0 Å². The fourth-order valence-electron chi connectivity index (χ4n) is 1.09. The van der Waals surface area contributed by atoms with Crippen molar-refractivity contribution in [3.63, 3.8) is 0 Å². The van der Waals surface area contributed by atoms with E-state index in [1.54, 1.807) is 0 Å². The maximum Gasteiger partial charge on any atom is 0.422 e. The average molecular weight is 365 g/mol. The van der Waals surface area contributed by atoms with Crippen LogP contribution >= 0.6 is 15.9 Å². The lowest BCUT2D eigenvalue weighted by Gasteiger charge is -2.13. The SMILES string of the molecule is N#CC(C#N)=NNc1cc(F)c(Br)cc1OCC(F)(F)F. The fraction of sp³-hybridized carbons (Fsp3) is 0.182. The Morgan fingerprint density at radius 3 is 2.48 bits per heavy atom. The first-order chi connectivity index (χ1) is 9.76. The van der Waals surface area contributed by atoms with E-state index in [1.165, 1.54) is 12.1 Å². The first-order valence-electron chi connectivity index (χ1n) is 5.09. The Morgan fingerprint density at radius 1 is 1.33 bits per heavy atom. The average Bonchev–Trinajstić information content (AvgIpc) is 2.41. The van der Waals surface area contributed by atoms with E-state index in [0.29, 0.717) is 0 Å². The van der Waals surface area contributed by atoms with Crippen LogP contribution < -0.4 is 10.2 Å². The molecule has 21 heavy (non-hydrogen) atoms. The van der Waals surface area contributed by atoms with E-state index in [1.807, 2.05) is 0 Å². The van der Waals surface area contributed by atoms with Gasteiger partial charge < -0.3 is 4.74 Å². The van der Waals surface area contributed by atoms with Gasteiger partial charge in [0.15, 0.2) is 6.61 Å². The molecule has 0 radical (unpaired) electrons. The molecule has 0 spiro atoms. The van der Waals surface area contributed by atoms with Crippen molar-refractivity contribution in [1.29, 1.82) is 10.5 Å². The van der Waals surface area contributed by atoms with Gasteiger partial charge in [-0.05, 0) is 22.0 Å². The molecule has 0 aliphatic rings. The number of nitriles is 2. The zero-order valence-corrected chi connectivity index (χ0v) is 11.6. The standard InChI is InChI=1S/C11H5BrF4N4O/c12-7-1-10(21-5-11(14,15)16)9(2-8(7)13)20-19-6(3-17)4-18/h1-2,20H,5H2. The summed E-state index contributed by atoms with van der Waals surface area (Å²) in [6.45, 7) is -1.59. The molecule has 0 aliphatic heterocycles. The molecule has 1 aromatic rings. The van der Waals surface area contributed by atoms with Crippen LogP contribution in [-0.2, 0) is 0 Å². The number of nitrogens with one attached hydrogen (secondary N) is 1. The van der Waals surface area contributed by atoms with Crippen molar-refractivity contribution in [1.82, 2.24) is 0 Å². The predicted octanol–water partition coefficient (Wildman–Crippen LogP) is 3.34. The molecule has 0 fully saturated rings. The summed E-state index contributed by atoms with van der Waals surface area (Å²) in [5.41, 5.74) is 1.26. The van der Waals surface area contributed by atoms with Crippen LogP contribution in [0.2, 0.25) is 0 Å². The second kappa shape index (κ2) is 6.90. The predicted molar refractivity (Wildman–Crippen MR) is 67.9 cm³/mol. The fourth-order valence-corrected chi connectivity index (χ4v) is 1.41. The van der Waals surface area contributed by atoms with Gasteiger partial charge in [-0.25, -0.2) is 4.39 Å². The van der Waals surface area contributed by atoms with E-state index >= 15 is 0 Å². The minimum Gasteiger partial charge on any atom is -0.482 e. The molecule has 0 aliphatic carbocycles. The lowest BCUT2D eigenvalue weighted by molar-refractivity contribution is -0.153. The molecule has 1 rings (SSSR count). The molecule has 1 aromatic carbocycles. The lowest BCUT2D eigenvalue weighted by atomic mass is 10.3. The molecule has 110 valence electrons. The van der Waals surface area contributed by atoms with E-state index in [2.05, 4.69) is 31.2 Å².